The summed E-state index contributed by atoms with van der Waals surface area (Å²) in [5.74, 6) is 0.923. The lowest BCUT2D eigenvalue weighted by Gasteiger charge is -2.17. The van der Waals surface area contributed by atoms with Gasteiger partial charge in [-0.1, -0.05) is 45.4 Å². The van der Waals surface area contributed by atoms with E-state index >= 15 is 0 Å². The van der Waals surface area contributed by atoms with E-state index in [1.165, 1.54) is 0 Å². The standard InChI is InChI=1S/C25H36N2O2/c1-5-8-17-29-24-14-13-22(18-20(24)4)21-11-9-12-23(19-21)25(28)26-15-10-16-27(6-2)7-3/h9,11-14,18-19H,5-8,10,15-17H2,1-4H3,(H,26,28). The highest BCUT2D eigenvalue weighted by atomic mass is 16.5. The Kier molecular flexibility index (Phi) is 9.72. The average Bonchev–Trinajstić information content (AvgIpc) is 2.75. The van der Waals surface area contributed by atoms with Gasteiger partial charge in [0.1, 0.15) is 5.75 Å². The van der Waals surface area contributed by atoms with Crippen LogP contribution in [0.15, 0.2) is 42.5 Å². The SMILES string of the molecule is CCCCOc1ccc(-c2cccc(C(=O)NCCCN(CC)CC)c2)cc1C. The zero-order valence-electron chi connectivity index (χ0n) is 18.5. The molecule has 0 atom stereocenters. The molecule has 4 heteroatoms. The second kappa shape index (κ2) is 12.3. The summed E-state index contributed by atoms with van der Waals surface area (Å²) in [5.41, 5.74) is 3.96. The molecule has 0 bridgehead atoms. The number of nitrogens with one attached hydrogen (secondary N) is 1. The van der Waals surface area contributed by atoms with Crippen LogP contribution in [-0.2, 0) is 0 Å². The number of unbranched alkanes of at least 4 members (excludes halogenated alkanes) is 1. The summed E-state index contributed by atoms with van der Waals surface area (Å²) in [6.45, 7) is 13.1. The molecule has 2 aromatic carbocycles. The summed E-state index contributed by atoms with van der Waals surface area (Å²) >= 11 is 0. The van der Waals surface area contributed by atoms with Gasteiger partial charge in [-0.25, -0.2) is 0 Å². The molecule has 1 amide bonds. The molecule has 29 heavy (non-hydrogen) atoms. The van der Waals surface area contributed by atoms with Crippen molar-refractivity contribution in [3.63, 3.8) is 0 Å². The normalized spacial score (nSPS) is 10.9. The number of aryl methyl sites for hydroxylation is 1. The third-order valence-corrected chi connectivity index (χ3v) is 5.22. The largest absolute Gasteiger partial charge is 0.493 e. The number of carbonyl (C=O) groups excluding carboxylic acids is 1. The van der Waals surface area contributed by atoms with Crippen LogP contribution in [0.1, 0.15) is 56.0 Å². The lowest BCUT2D eigenvalue weighted by atomic mass is 10.0. The second-order valence-corrected chi connectivity index (χ2v) is 7.40. The van der Waals surface area contributed by atoms with Gasteiger partial charge in [-0.15, -0.1) is 0 Å². The Morgan fingerprint density at radius 2 is 1.76 bits per heavy atom. The predicted octanol–water partition coefficient (Wildman–Crippen LogP) is 5.30. The van der Waals surface area contributed by atoms with Gasteiger partial charge in [0.2, 0.25) is 0 Å². The Morgan fingerprint density at radius 1 is 1.00 bits per heavy atom. The van der Waals surface area contributed by atoms with Crippen LogP contribution < -0.4 is 10.1 Å². The van der Waals surface area contributed by atoms with Gasteiger partial charge >= 0.3 is 0 Å². The Labute approximate surface area is 176 Å². The van der Waals surface area contributed by atoms with Gasteiger partial charge < -0.3 is 15.0 Å². The maximum absolute atomic E-state index is 12.5. The zero-order chi connectivity index (χ0) is 21.1. The van der Waals surface area contributed by atoms with E-state index in [4.69, 9.17) is 4.74 Å². The molecule has 0 fully saturated rings. The van der Waals surface area contributed by atoms with Crippen LogP contribution >= 0.6 is 0 Å². The third-order valence-electron chi connectivity index (χ3n) is 5.22. The fourth-order valence-electron chi connectivity index (χ4n) is 3.30. The molecule has 0 heterocycles. The molecular formula is C25H36N2O2. The molecule has 1 N–H and O–H groups in total. The zero-order valence-corrected chi connectivity index (χ0v) is 18.5. The summed E-state index contributed by atoms with van der Waals surface area (Å²) < 4.78 is 5.85. The van der Waals surface area contributed by atoms with E-state index in [1.54, 1.807) is 0 Å². The van der Waals surface area contributed by atoms with Gasteiger partial charge in [0.05, 0.1) is 6.61 Å². The Morgan fingerprint density at radius 3 is 2.45 bits per heavy atom. The van der Waals surface area contributed by atoms with Crippen molar-refractivity contribution in [2.24, 2.45) is 0 Å². The van der Waals surface area contributed by atoms with E-state index < -0.39 is 0 Å². The monoisotopic (exact) mass is 396 g/mol. The van der Waals surface area contributed by atoms with Crippen LogP contribution in [0.3, 0.4) is 0 Å². The average molecular weight is 397 g/mol. The van der Waals surface area contributed by atoms with Gasteiger partial charge in [0.25, 0.3) is 5.91 Å². The van der Waals surface area contributed by atoms with Gasteiger partial charge in [-0.05, 0) is 80.4 Å². The molecule has 0 radical (unpaired) electrons. The van der Waals surface area contributed by atoms with E-state index in [2.05, 4.69) is 50.0 Å². The van der Waals surface area contributed by atoms with E-state index in [-0.39, 0.29) is 5.91 Å². The van der Waals surface area contributed by atoms with Crippen molar-refractivity contribution < 1.29 is 9.53 Å². The predicted molar refractivity (Wildman–Crippen MR) is 122 cm³/mol. The molecule has 0 unspecified atom stereocenters. The fraction of sp³-hybridized carbons (Fsp3) is 0.480. The van der Waals surface area contributed by atoms with Gasteiger partial charge in [-0.3, -0.25) is 4.79 Å². The maximum Gasteiger partial charge on any atom is 0.251 e. The molecule has 0 aliphatic rings. The van der Waals surface area contributed by atoms with Crippen molar-refractivity contribution in [3.05, 3.63) is 53.6 Å². The van der Waals surface area contributed by atoms with Crippen molar-refractivity contribution in [2.75, 3.05) is 32.8 Å². The molecule has 0 aliphatic carbocycles. The van der Waals surface area contributed by atoms with Crippen LogP contribution in [-0.4, -0.2) is 43.6 Å². The minimum absolute atomic E-state index is 0.0114. The number of nitrogens with zero attached hydrogens (tertiary/aromatic N) is 1. The topological polar surface area (TPSA) is 41.6 Å². The van der Waals surface area contributed by atoms with Crippen molar-refractivity contribution in [1.82, 2.24) is 10.2 Å². The molecule has 0 spiro atoms. The van der Waals surface area contributed by atoms with Crippen molar-refractivity contribution in [2.45, 2.75) is 47.0 Å². The number of benzene rings is 2. The van der Waals surface area contributed by atoms with Gasteiger partial charge in [0.15, 0.2) is 0 Å². The number of hydrogen-bond donors (Lipinski definition) is 1. The molecule has 0 aromatic heterocycles. The molecule has 0 saturated heterocycles. The first-order valence-corrected chi connectivity index (χ1v) is 10.9. The van der Waals surface area contributed by atoms with Gasteiger partial charge in [-0.2, -0.15) is 0 Å². The minimum atomic E-state index is -0.0114. The maximum atomic E-state index is 12.5. The minimum Gasteiger partial charge on any atom is -0.493 e. The van der Waals surface area contributed by atoms with Crippen LogP contribution in [0.4, 0.5) is 0 Å². The van der Waals surface area contributed by atoms with E-state index in [9.17, 15) is 4.79 Å². The Bertz CT molecular complexity index is 769. The fourth-order valence-corrected chi connectivity index (χ4v) is 3.30. The second-order valence-electron chi connectivity index (χ2n) is 7.40. The highest BCUT2D eigenvalue weighted by Crippen LogP contribution is 2.27. The lowest BCUT2D eigenvalue weighted by molar-refractivity contribution is 0.0952. The summed E-state index contributed by atoms with van der Waals surface area (Å²) in [5, 5.41) is 3.04. The van der Waals surface area contributed by atoms with Gasteiger partial charge in [0, 0.05) is 12.1 Å². The first kappa shape index (κ1) is 23.0. The first-order chi connectivity index (χ1) is 14.1. The Hall–Kier alpha value is -2.33. The highest BCUT2D eigenvalue weighted by molar-refractivity contribution is 5.95. The third kappa shape index (κ3) is 7.21. The van der Waals surface area contributed by atoms with Crippen LogP contribution in [0.5, 0.6) is 5.75 Å². The summed E-state index contributed by atoms with van der Waals surface area (Å²) in [6.07, 6.45) is 3.15. The molecule has 2 rings (SSSR count). The van der Waals surface area contributed by atoms with Crippen molar-refractivity contribution in [3.8, 4) is 16.9 Å². The summed E-state index contributed by atoms with van der Waals surface area (Å²) in [6, 6.07) is 14.0. The number of carbonyl (C=O) groups is 1. The van der Waals surface area contributed by atoms with Crippen LogP contribution in [0.2, 0.25) is 0 Å². The number of amides is 1. The molecule has 158 valence electrons. The van der Waals surface area contributed by atoms with Crippen molar-refractivity contribution >= 4 is 5.91 Å². The lowest BCUT2D eigenvalue weighted by Crippen LogP contribution is -2.29. The van der Waals surface area contributed by atoms with E-state index in [0.29, 0.717) is 12.1 Å². The molecule has 0 saturated carbocycles. The molecular weight excluding hydrogens is 360 g/mol. The number of rotatable bonds is 12. The van der Waals surface area contributed by atoms with E-state index in [1.807, 2.05) is 30.3 Å². The number of ether oxygens (including phenoxy) is 1. The summed E-state index contributed by atoms with van der Waals surface area (Å²) in [4.78, 5) is 14.9. The molecule has 4 nitrogen and oxygen atoms in total. The number of hydrogen-bond acceptors (Lipinski definition) is 3. The Balaban J connectivity index is 1.98. The van der Waals surface area contributed by atoms with Crippen LogP contribution in [0, 0.1) is 6.92 Å². The molecule has 0 aliphatic heterocycles. The quantitative estimate of drug-likeness (QED) is 0.495. The van der Waals surface area contributed by atoms with Crippen molar-refractivity contribution in [1.29, 1.82) is 0 Å². The first-order valence-electron chi connectivity index (χ1n) is 10.9. The van der Waals surface area contributed by atoms with E-state index in [0.717, 1.165) is 67.9 Å². The summed E-state index contributed by atoms with van der Waals surface area (Å²) in [7, 11) is 0. The molecule has 2 aromatic rings. The van der Waals surface area contributed by atoms with Crippen LogP contribution in [0.25, 0.3) is 11.1 Å². The highest BCUT2D eigenvalue weighted by Gasteiger charge is 2.09. The smallest absolute Gasteiger partial charge is 0.251 e.